The lowest BCUT2D eigenvalue weighted by Crippen LogP contribution is -2.30. The second kappa shape index (κ2) is 7.48. The molecular formula is C17H17NO3S3. The molecule has 0 bridgehead atoms. The average Bonchev–Trinajstić information content (AvgIpc) is 3.28. The second-order valence-corrected chi connectivity index (χ2v) is 9.05. The summed E-state index contributed by atoms with van der Waals surface area (Å²) in [6.07, 6.45) is 0. The van der Waals surface area contributed by atoms with E-state index in [-0.39, 0.29) is 4.90 Å². The molecule has 126 valence electrons. The van der Waals surface area contributed by atoms with E-state index in [4.69, 9.17) is 4.74 Å². The molecule has 0 fully saturated rings. The quantitative estimate of drug-likeness (QED) is 0.618. The zero-order valence-electron chi connectivity index (χ0n) is 13.1. The minimum atomic E-state index is -3.67. The Morgan fingerprint density at radius 3 is 2.00 bits per heavy atom. The Morgan fingerprint density at radius 1 is 0.917 bits per heavy atom. The first-order valence-electron chi connectivity index (χ1n) is 7.29. The predicted molar refractivity (Wildman–Crippen MR) is 98.1 cm³/mol. The standard InChI is InChI=1S/C17H17NO3S3/c1-21-16-8-2-3-9-17(16)24(19,20)18(12-14-6-4-10-22-14)13-15-7-5-11-23-15/h2-11H,12-13H2,1H3. The van der Waals surface area contributed by atoms with Gasteiger partial charge in [-0.2, -0.15) is 4.31 Å². The highest BCUT2D eigenvalue weighted by atomic mass is 32.2. The van der Waals surface area contributed by atoms with Crippen LogP contribution in [0.2, 0.25) is 0 Å². The van der Waals surface area contributed by atoms with Gasteiger partial charge in [0.1, 0.15) is 10.6 Å². The first kappa shape index (κ1) is 17.2. The third kappa shape index (κ3) is 3.70. The lowest BCUT2D eigenvalue weighted by atomic mass is 10.3. The Morgan fingerprint density at radius 2 is 1.50 bits per heavy atom. The minimum Gasteiger partial charge on any atom is -0.495 e. The molecule has 0 radical (unpaired) electrons. The Labute approximate surface area is 150 Å². The van der Waals surface area contributed by atoms with Crippen LogP contribution in [0.1, 0.15) is 9.75 Å². The fourth-order valence-corrected chi connectivity index (χ4v) is 5.50. The number of hydrogen-bond donors (Lipinski definition) is 0. The molecule has 0 atom stereocenters. The van der Waals surface area contributed by atoms with E-state index in [0.717, 1.165) is 9.75 Å². The maximum absolute atomic E-state index is 13.2. The third-order valence-electron chi connectivity index (χ3n) is 3.51. The molecule has 0 aliphatic rings. The van der Waals surface area contributed by atoms with Crippen molar-refractivity contribution in [3.63, 3.8) is 0 Å². The van der Waals surface area contributed by atoms with Crippen molar-refractivity contribution in [3.8, 4) is 5.75 Å². The molecule has 0 saturated heterocycles. The summed E-state index contributed by atoms with van der Waals surface area (Å²) in [4.78, 5) is 2.20. The Balaban J connectivity index is 1.99. The van der Waals surface area contributed by atoms with Gasteiger partial charge in [0, 0.05) is 22.8 Å². The van der Waals surface area contributed by atoms with Crippen LogP contribution in [0.4, 0.5) is 0 Å². The van der Waals surface area contributed by atoms with Crippen LogP contribution < -0.4 is 4.74 Å². The van der Waals surface area contributed by atoms with E-state index >= 15 is 0 Å². The van der Waals surface area contributed by atoms with Gasteiger partial charge in [0.15, 0.2) is 0 Å². The van der Waals surface area contributed by atoms with Crippen molar-refractivity contribution >= 4 is 32.7 Å². The van der Waals surface area contributed by atoms with E-state index in [0.29, 0.717) is 18.8 Å². The van der Waals surface area contributed by atoms with Crippen LogP contribution in [0.25, 0.3) is 0 Å². The zero-order valence-corrected chi connectivity index (χ0v) is 15.5. The van der Waals surface area contributed by atoms with Crippen molar-refractivity contribution < 1.29 is 13.2 Å². The number of para-hydroxylation sites is 1. The number of methoxy groups -OCH3 is 1. The molecule has 0 spiro atoms. The Kier molecular flexibility index (Phi) is 5.35. The molecule has 3 rings (SSSR count). The summed E-state index contributed by atoms with van der Waals surface area (Å²) in [5.41, 5.74) is 0. The smallest absolute Gasteiger partial charge is 0.247 e. The molecule has 0 unspecified atom stereocenters. The van der Waals surface area contributed by atoms with Gasteiger partial charge in [0.05, 0.1) is 7.11 Å². The van der Waals surface area contributed by atoms with Crippen LogP contribution in [0, 0.1) is 0 Å². The maximum atomic E-state index is 13.2. The monoisotopic (exact) mass is 379 g/mol. The number of hydrogen-bond acceptors (Lipinski definition) is 5. The normalized spacial score (nSPS) is 11.8. The van der Waals surface area contributed by atoms with Gasteiger partial charge >= 0.3 is 0 Å². The number of ether oxygens (including phenoxy) is 1. The molecule has 2 aromatic heterocycles. The second-order valence-electron chi connectivity index (χ2n) is 5.08. The first-order valence-corrected chi connectivity index (χ1v) is 10.5. The molecule has 0 aliphatic carbocycles. The van der Waals surface area contributed by atoms with Gasteiger partial charge in [-0.15, -0.1) is 22.7 Å². The number of sulfonamides is 1. The molecule has 24 heavy (non-hydrogen) atoms. The molecule has 0 saturated carbocycles. The highest BCUT2D eigenvalue weighted by Crippen LogP contribution is 2.29. The first-order chi connectivity index (χ1) is 11.6. The van der Waals surface area contributed by atoms with Crippen LogP contribution in [-0.4, -0.2) is 19.8 Å². The van der Waals surface area contributed by atoms with E-state index in [9.17, 15) is 8.42 Å². The molecule has 7 heteroatoms. The summed E-state index contributed by atoms with van der Waals surface area (Å²) >= 11 is 3.10. The fraction of sp³-hybridized carbons (Fsp3) is 0.176. The largest absolute Gasteiger partial charge is 0.495 e. The van der Waals surface area contributed by atoms with Crippen LogP contribution in [0.3, 0.4) is 0 Å². The van der Waals surface area contributed by atoms with E-state index in [1.54, 1.807) is 46.9 Å². The van der Waals surface area contributed by atoms with Gasteiger partial charge in [-0.1, -0.05) is 24.3 Å². The Bertz CT molecular complexity index is 835. The summed E-state index contributed by atoms with van der Waals surface area (Å²) in [6, 6.07) is 14.5. The van der Waals surface area contributed by atoms with Gasteiger partial charge in [-0.25, -0.2) is 8.42 Å². The van der Waals surface area contributed by atoms with Gasteiger partial charge in [0.2, 0.25) is 10.0 Å². The van der Waals surface area contributed by atoms with Crippen molar-refractivity contribution in [2.24, 2.45) is 0 Å². The third-order valence-corrected chi connectivity index (χ3v) is 7.06. The van der Waals surface area contributed by atoms with Gasteiger partial charge in [0.25, 0.3) is 0 Å². The summed E-state index contributed by atoms with van der Waals surface area (Å²) < 4.78 is 33.2. The van der Waals surface area contributed by atoms with Crippen molar-refractivity contribution in [2.45, 2.75) is 18.0 Å². The average molecular weight is 380 g/mol. The van der Waals surface area contributed by atoms with Gasteiger partial charge in [-0.3, -0.25) is 0 Å². The fourth-order valence-electron chi connectivity index (χ4n) is 2.35. The van der Waals surface area contributed by atoms with Crippen molar-refractivity contribution in [1.29, 1.82) is 0 Å². The molecule has 0 N–H and O–H groups in total. The van der Waals surface area contributed by atoms with Gasteiger partial charge < -0.3 is 4.74 Å². The highest BCUT2D eigenvalue weighted by molar-refractivity contribution is 7.89. The van der Waals surface area contributed by atoms with Crippen molar-refractivity contribution in [1.82, 2.24) is 4.31 Å². The van der Waals surface area contributed by atoms with E-state index in [1.165, 1.54) is 11.4 Å². The zero-order chi connectivity index (χ0) is 17.0. The lowest BCUT2D eigenvalue weighted by Gasteiger charge is -2.22. The van der Waals surface area contributed by atoms with Crippen LogP contribution in [0.15, 0.2) is 64.2 Å². The SMILES string of the molecule is COc1ccccc1S(=O)(=O)N(Cc1cccs1)Cc1cccs1. The molecule has 0 aliphatic heterocycles. The summed E-state index contributed by atoms with van der Waals surface area (Å²) in [6.45, 7) is 0.686. The summed E-state index contributed by atoms with van der Waals surface area (Å²) in [5.74, 6) is 0.361. The summed E-state index contributed by atoms with van der Waals surface area (Å²) in [7, 11) is -2.19. The number of rotatable bonds is 7. The van der Waals surface area contributed by atoms with Crippen molar-refractivity contribution in [2.75, 3.05) is 7.11 Å². The van der Waals surface area contributed by atoms with Crippen LogP contribution >= 0.6 is 22.7 Å². The van der Waals surface area contributed by atoms with Crippen LogP contribution in [0.5, 0.6) is 5.75 Å². The van der Waals surface area contributed by atoms with Gasteiger partial charge in [-0.05, 0) is 35.0 Å². The highest BCUT2D eigenvalue weighted by Gasteiger charge is 2.28. The number of benzene rings is 1. The van der Waals surface area contributed by atoms with E-state index < -0.39 is 10.0 Å². The molecule has 1 aromatic carbocycles. The van der Waals surface area contributed by atoms with Crippen LogP contribution in [-0.2, 0) is 23.1 Å². The Hall–Kier alpha value is -1.67. The maximum Gasteiger partial charge on any atom is 0.247 e. The molecule has 0 amide bonds. The summed E-state index contributed by atoms with van der Waals surface area (Å²) in [5, 5.41) is 3.91. The number of thiophene rings is 2. The predicted octanol–water partition coefficient (Wildman–Crippen LogP) is 4.21. The lowest BCUT2D eigenvalue weighted by molar-refractivity contribution is 0.385. The molecular weight excluding hydrogens is 362 g/mol. The topological polar surface area (TPSA) is 46.6 Å². The van der Waals surface area contributed by atoms with E-state index in [2.05, 4.69) is 0 Å². The van der Waals surface area contributed by atoms with E-state index in [1.807, 2.05) is 35.0 Å². The van der Waals surface area contributed by atoms with Crippen molar-refractivity contribution in [3.05, 3.63) is 69.0 Å². The minimum absolute atomic E-state index is 0.195. The molecule has 2 heterocycles. The number of nitrogens with zero attached hydrogens (tertiary/aromatic N) is 1. The molecule has 3 aromatic rings. The molecule has 4 nitrogen and oxygen atoms in total.